The summed E-state index contributed by atoms with van der Waals surface area (Å²) in [5.41, 5.74) is 1.88. The number of aryl methyl sites for hydroxylation is 1. The average Bonchev–Trinajstić information content (AvgIpc) is 2.75. The number of hydrogen-bond acceptors (Lipinski definition) is 6. The van der Waals surface area contributed by atoms with Crippen molar-refractivity contribution in [3.63, 3.8) is 0 Å². The molecule has 6 nitrogen and oxygen atoms in total. The van der Waals surface area contributed by atoms with E-state index in [0.29, 0.717) is 36.3 Å². The van der Waals surface area contributed by atoms with Crippen molar-refractivity contribution in [3.05, 3.63) is 71.9 Å². The number of benzene rings is 2. The van der Waals surface area contributed by atoms with Crippen LogP contribution in [0, 0.1) is 0 Å². The predicted molar refractivity (Wildman–Crippen MR) is 109 cm³/mol. The summed E-state index contributed by atoms with van der Waals surface area (Å²) >= 11 is 0. The van der Waals surface area contributed by atoms with Gasteiger partial charge in [0, 0.05) is 24.9 Å². The molecule has 0 spiro atoms. The second kappa shape index (κ2) is 9.50. The van der Waals surface area contributed by atoms with E-state index >= 15 is 0 Å². The summed E-state index contributed by atoms with van der Waals surface area (Å²) in [6.07, 6.45) is 3.47. The maximum atomic E-state index is 10.7. The number of aromatic nitrogens is 2. The Morgan fingerprint density at radius 2 is 1.71 bits per heavy atom. The third-order valence-corrected chi connectivity index (χ3v) is 4.22. The highest BCUT2D eigenvalue weighted by molar-refractivity contribution is 5.74. The van der Waals surface area contributed by atoms with Gasteiger partial charge in [-0.2, -0.15) is 4.98 Å². The van der Waals surface area contributed by atoms with Crippen LogP contribution in [-0.2, 0) is 6.42 Å². The second-order valence-electron chi connectivity index (χ2n) is 6.25. The largest absolute Gasteiger partial charge is 0.492 e. The Hall–Kier alpha value is -3.41. The Balaban J connectivity index is 1.55. The molecule has 3 rings (SSSR count). The lowest BCUT2D eigenvalue weighted by atomic mass is 10.2. The first-order valence-electron chi connectivity index (χ1n) is 9.17. The van der Waals surface area contributed by atoms with E-state index in [1.165, 1.54) is 5.56 Å². The van der Waals surface area contributed by atoms with Crippen molar-refractivity contribution in [1.82, 2.24) is 9.97 Å². The van der Waals surface area contributed by atoms with Crippen LogP contribution in [0.5, 0.6) is 17.4 Å². The van der Waals surface area contributed by atoms with E-state index in [4.69, 9.17) is 9.47 Å². The monoisotopic (exact) mass is 377 g/mol. The van der Waals surface area contributed by atoms with Gasteiger partial charge in [-0.1, -0.05) is 19.1 Å². The second-order valence-corrected chi connectivity index (χ2v) is 6.25. The maximum absolute atomic E-state index is 10.7. The minimum absolute atomic E-state index is 0.462. The molecule has 0 amide bonds. The third kappa shape index (κ3) is 5.30. The molecule has 0 fully saturated rings. The third-order valence-electron chi connectivity index (χ3n) is 4.22. The minimum Gasteiger partial charge on any atom is -0.492 e. The molecule has 0 aliphatic heterocycles. The summed E-state index contributed by atoms with van der Waals surface area (Å²) in [5, 5.41) is 0. The summed E-state index contributed by atoms with van der Waals surface area (Å²) in [6.45, 7) is 3.18. The number of ether oxygens (including phenoxy) is 2. The van der Waals surface area contributed by atoms with Crippen LogP contribution in [0.2, 0.25) is 0 Å². The highest BCUT2D eigenvalue weighted by Crippen LogP contribution is 2.21. The Bertz CT molecular complexity index is 896. The van der Waals surface area contributed by atoms with Gasteiger partial charge >= 0.3 is 0 Å². The van der Waals surface area contributed by atoms with Crippen LogP contribution in [0.3, 0.4) is 0 Å². The van der Waals surface area contributed by atoms with E-state index in [1.807, 2.05) is 36.2 Å². The number of aldehydes is 1. The smallest absolute Gasteiger partial charge is 0.228 e. The van der Waals surface area contributed by atoms with Gasteiger partial charge in [-0.05, 0) is 48.4 Å². The summed E-state index contributed by atoms with van der Waals surface area (Å²) in [7, 11) is 1.90. The molecule has 0 bridgehead atoms. The van der Waals surface area contributed by atoms with Crippen LogP contribution < -0.4 is 14.4 Å². The molecule has 0 aliphatic carbocycles. The first-order chi connectivity index (χ1) is 13.7. The van der Waals surface area contributed by atoms with Crippen LogP contribution in [0.4, 0.5) is 5.95 Å². The molecule has 0 unspecified atom stereocenters. The molecular weight excluding hydrogens is 354 g/mol. The molecule has 0 aliphatic rings. The van der Waals surface area contributed by atoms with Gasteiger partial charge in [-0.15, -0.1) is 0 Å². The predicted octanol–water partition coefficient (Wildman–Crippen LogP) is 4.16. The fourth-order valence-electron chi connectivity index (χ4n) is 2.53. The molecule has 0 N–H and O–H groups in total. The normalized spacial score (nSPS) is 10.4. The SMILES string of the molecule is CCc1ccc(Oc2ccnc(N(C)CCOc3ccc(C=O)cc3)n2)cc1. The molecule has 6 heteroatoms. The van der Waals surface area contributed by atoms with E-state index in [9.17, 15) is 4.79 Å². The van der Waals surface area contributed by atoms with Crippen LogP contribution in [0.15, 0.2) is 60.8 Å². The molecule has 1 aromatic heterocycles. The lowest BCUT2D eigenvalue weighted by Crippen LogP contribution is -2.25. The Labute approximate surface area is 164 Å². The van der Waals surface area contributed by atoms with E-state index in [2.05, 4.69) is 16.9 Å². The molecule has 0 atom stereocenters. The average molecular weight is 377 g/mol. The topological polar surface area (TPSA) is 64.6 Å². The van der Waals surface area contributed by atoms with Gasteiger partial charge in [0.15, 0.2) is 0 Å². The lowest BCUT2D eigenvalue weighted by Gasteiger charge is -2.17. The zero-order valence-electron chi connectivity index (χ0n) is 16.0. The van der Waals surface area contributed by atoms with Crippen molar-refractivity contribution in [2.24, 2.45) is 0 Å². The van der Waals surface area contributed by atoms with Crippen molar-refractivity contribution >= 4 is 12.2 Å². The van der Waals surface area contributed by atoms with Gasteiger partial charge < -0.3 is 14.4 Å². The molecule has 0 saturated carbocycles. The molecular formula is C22H23N3O3. The van der Waals surface area contributed by atoms with Gasteiger partial charge in [-0.25, -0.2) is 4.98 Å². The van der Waals surface area contributed by atoms with Crippen LogP contribution in [-0.4, -0.2) is 36.5 Å². The highest BCUT2D eigenvalue weighted by atomic mass is 16.5. The zero-order valence-corrected chi connectivity index (χ0v) is 16.0. The zero-order chi connectivity index (χ0) is 19.8. The minimum atomic E-state index is 0.462. The molecule has 28 heavy (non-hydrogen) atoms. The molecule has 2 aromatic carbocycles. The quantitative estimate of drug-likeness (QED) is 0.522. The van der Waals surface area contributed by atoms with Gasteiger partial charge in [0.05, 0.1) is 6.54 Å². The van der Waals surface area contributed by atoms with Crippen LogP contribution >= 0.6 is 0 Å². The number of anilines is 1. The Morgan fingerprint density at radius 3 is 2.39 bits per heavy atom. The molecule has 144 valence electrons. The van der Waals surface area contributed by atoms with Crippen molar-refractivity contribution in [3.8, 4) is 17.4 Å². The van der Waals surface area contributed by atoms with E-state index in [0.717, 1.165) is 18.5 Å². The highest BCUT2D eigenvalue weighted by Gasteiger charge is 2.07. The lowest BCUT2D eigenvalue weighted by molar-refractivity contribution is 0.112. The van der Waals surface area contributed by atoms with E-state index in [1.54, 1.807) is 36.5 Å². The summed E-state index contributed by atoms with van der Waals surface area (Å²) < 4.78 is 11.5. The molecule has 0 saturated heterocycles. The number of likely N-dealkylation sites (N-methyl/N-ethyl adjacent to an activating group) is 1. The van der Waals surface area contributed by atoms with Crippen LogP contribution in [0.25, 0.3) is 0 Å². The first kappa shape index (κ1) is 19.4. The van der Waals surface area contributed by atoms with Crippen molar-refractivity contribution in [2.75, 3.05) is 25.1 Å². The van der Waals surface area contributed by atoms with Gasteiger partial charge in [0.1, 0.15) is 24.4 Å². The number of carbonyl (C=O) groups excluding carboxylic acids is 1. The van der Waals surface area contributed by atoms with E-state index in [-0.39, 0.29) is 0 Å². The van der Waals surface area contributed by atoms with E-state index < -0.39 is 0 Å². The van der Waals surface area contributed by atoms with Crippen molar-refractivity contribution in [1.29, 1.82) is 0 Å². The molecule has 1 heterocycles. The van der Waals surface area contributed by atoms with Crippen molar-refractivity contribution in [2.45, 2.75) is 13.3 Å². The molecule has 3 aromatic rings. The van der Waals surface area contributed by atoms with Gasteiger partial charge in [0.25, 0.3) is 0 Å². The van der Waals surface area contributed by atoms with Crippen LogP contribution in [0.1, 0.15) is 22.8 Å². The Morgan fingerprint density at radius 1 is 1.00 bits per heavy atom. The van der Waals surface area contributed by atoms with Gasteiger partial charge in [-0.3, -0.25) is 4.79 Å². The summed E-state index contributed by atoms with van der Waals surface area (Å²) in [4.78, 5) is 21.3. The fourth-order valence-corrected chi connectivity index (χ4v) is 2.53. The van der Waals surface area contributed by atoms with Crippen molar-refractivity contribution < 1.29 is 14.3 Å². The number of carbonyl (C=O) groups is 1. The summed E-state index contributed by atoms with van der Waals surface area (Å²) in [6, 6.07) is 16.7. The maximum Gasteiger partial charge on any atom is 0.228 e. The fraction of sp³-hybridized carbons (Fsp3) is 0.227. The number of nitrogens with zero attached hydrogens (tertiary/aromatic N) is 3. The first-order valence-corrected chi connectivity index (χ1v) is 9.17. The number of rotatable bonds is 9. The number of hydrogen-bond donors (Lipinski definition) is 0. The Kier molecular flexibility index (Phi) is 6.57. The van der Waals surface area contributed by atoms with Gasteiger partial charge in [0.2, 0.25) is 11.8 Å². The standard InChI is InChI=1S/C22H23N3O3/c1-3-17-4-10-20(11-5-17)28-21-12-13-23-22(24-21)25(2)14-15-27-19-8-6-18(16-26)7-9-19/h4-13,16H,3,14-15H2,1-2H3. The summed E-state index contributed by atoms with van der Waals surface area (Å²) in [5.74, 6) is 2.51. The molecule has 0 radical (unpaired) electrons.